The topological polar surface area (TPSA) is 29.1 Å². The monoisotopic (exact) mass is 337 g/mol. The first-order valence-electron chi connectivity index (χ1n) is 8.71. The third-order valence-corrected chi connectivity index (χ3v) is 6.38. The highest BCUT2D eigenvalue weighted by Crippen LogP contribution is 2.65. The van der Waals surface area contributed by atoms with E-state index in [1.54, 1.807) is 0 Å². The molecule has 5 heteroatoms. The average Bonchev–Trinajstić information content (AvgIpc) is 2.51. The number of hydrogen-bond acceptors (Lipinski definition) is 1. The van der Waals surface area contributed by atoms with Crippen LogP contribution in [0.2, 0.25) is 0 Å². The number of carbonyl (C=O) groups is 1. The molecule has 0 heterocycles. The lowest BCUT2D eigenvalue weighted by molar-refractivity contribution is -0.157. The summed E-state index contributed by atoms with van der Waals surface area (Å²) in [6.07, 6.45) is 1.12. The van der Waals surface area contributed by atoms with Crippen molar-refractivity contribution < 1.29 is 18.0 Å². The van der Waals surface area contributed by atoms with Crippen LogP contribution >= 0.6 is 0 Å². The van der Waals surface area contributed by atoms with Gasteiger partial charge in [0.1, 0.15) is 6.54 Å². The maximum Gasteiger partial charge on any atom is 0.405 e. The number of alkyl halides is 3. The van der Waals surface area contributed by atoms with Crippen LogP contribution in [0.1, 0.15) is 44.1 Å². The van der Waals surface area contributed by atoms with E-state index in [9.17, 15) is 18.0 Å². The maximum atomic E-state index is 12.7. The van der Waals surface area contributed by atoms with Crippen molar-refractivity contribution in [2.45, 2.75) is 50.1 Å². The van der Waals surface area contributed by atoms with E-state index >= 15 is 0 Å². The lowest BCUT2D eigenvalue weighted by atomic mass is 9.42. The Kier molecular flexibility index (Phi) is 3.49. The molecule has 4 saturated carbocycles. The van der Waals surface area contributed by atoms with Crippen molar-refractivity contribution in [2.24, 2.45) is 17.3 Å². The first-order valence-corrected chi connectivity index (χ1v) is 8.71. The second-order valence-electron chi connectivity index (χ2n) is 8.19. The predicted octanol–water partition coefficient (Wildman–Crippen LogP) is 4.20. The van der Waals surface area contributed by atoms with Gasteiger partial charge in [-0.25, -0.2) is 0 Å². The molecule has 4 fully saturated rings. The van der Waals surface area contributed by atoms with E-state index in [0.29, 0.717) is 18.3 Å². The highest BCUT2D eigenvalue weighted by molar-refractivity contribution is 5.83. The van der Waals surface area contributed by atoms with E-state index < -0.39 is 18.1 Å². The van der Waals surface area contributed by atoms with Crippen LogP contribution in [-0.4, -0.2) is 18.6 Å². The number of halogens is 3. The Hall–Kier alpha value is -1.52. The molecule has 2 atom stereocenters. The zero-order valence-electron chi connectivity index (χ0n) is 13.5. The van der Waals surface area contributed by atoms with E-state index in [2.05, 4.69) is 17.4 Å². The summed E-state index contributed by atoms with van der Waals surface area (Å²) >= 11 is 0. The first kappa shape index (κ1) is 16.0. The molecule has 2 unspecified atom stereocenters. The molecule has 5 rings (SSSR count). The van der Waals surface area contributed by atoms with E-state index in [0.717, 1.165) is 32.1 Å². The van der Waals surface area contributed by atoms with Crippen molar-refractivity contribution in [1.29, 1.82) is 0 Å². The Morgan fingerprint density at radius 1 is 1.08 bits per heavy atom. The zero-order chi connectivity index (χ0) is 17.0. The second kappa shape index (κ2) is 5.24. The standard InChI is InChI=1S/C19H22F3NO/c20-19(21,22)12-23-16(24)18-9-13-6-14(10-18)8-17(7-13,11-18)15-4-2-1-3-5-15/h1-5,13-14H,6-12H2,(H,23,24). The number of nitrogens with one attached hydrogen (secondary N) is 1. The van der Waals surface area contributed by atoms with Crippen LogP contribution in [0.5, 0.6) is 0 Å². The summed E-state index contributed by atoms with van der Waals surface area (Å²) in [7, 11) is 0. The third kappa shape index (κ3) is 2.62. The summed E-state index contributed by atoms with van der Waals surface area (Å²) in [6, 6.07) is 10.3. The molecule has 4 aliphatic carbocycles. The highest BCUT2D eigenvalue weighted by Gasteiger charge is 2.61. The van der Waals surface area contributed by atoms with Crippen molar-refractivity contribution in [1.82, 2.24) is 5.32 Å². The molecule has 1 aromatic rings. The van der Waals surface area contributed by atoms with Crippen molar-refractivity contribution in [2.75, 3.05) is 6.54 Å². The molecule has 1 aromatic carbocycles. The van der Waals surface area contributed by atoms with Crippen LogP contribution in [0.15, 0.2) is 30.3 Å². The van der Waals surface area contributed by atoms with Crippen molar-refractivity contribution in [3.63, 3.8) is 0 Å². The van der Waals surface area contributed by atoms with E-state index in [-0.39, 0.29) is 11.3 Å². The van der Waals surface area contributed by atoms with Crippen LogP contribution in [0.25, 0.3) is 0 Å². The molecular weight excluding hydrogens is 315 g/mol. The number of amides is 1. The summed E-state index contributed by atoms with van der Waals surface area (Å²) in [5.41, 5.74) is 0.624. The summed E-state index contributed by atoms with van der Waals surface area (Å²) in [4.78, 5) is 12.7. The lowest BCUT2D eigenvalue weighted by Gasteiger charge is -2.61. The molecule has 4 aliphatic rings. The first-order chi connectivity index (χ1) is 11.3. The Morgan fingerprint density at radius 2 is 1.71 bits per heavy atom. The minimum absolute atomic E-state index is 0.0269. The van der Waals surface area contributed by atoms with Crippen molar-refractivity contribution in [3.05, 3.63) is 35.9 Å². The van der Waals surface area contributed by atoms with Gasteiger partial charge in [-0.15, -0.1) is 0 Å². The van der Waals surface area contributed by atoms with E-state index in [1.807, 2.05) is 18.2 Å². The van der Waals surface area contributed by atoms with Gasteiger partial charge >= 0.3 is 6.18 Å². The van der Waals surface area contributed by atoms with Crippen LogP contribution in [-0.2, 0) is 10.2 Å². The summed E-state index contributed by atoms with van der Waals surface area (Å²) in [6.45, 7) is -1.22. The Bertz CT molecular complexity index is 626. The van der Waals surface area contributed by atoms with Crippen LogP contribution in [0.4, 0.5) is 13.2 Å². The molecule has 2 nitrogen and oxygen atoms in total. The van der Waals surface area contributed by atoms with Gasteiger partial charge in [-0.05, 0) is 61.3 Å². The fraction of sp³-hybridized carbons (Fsp3) is 0.632. The average molecular weight is 337 g/mol. The van der Waals surface area contributed by atoms with Gasteiger partial charge in [0.05, 0.1) is 5.41 Å². The molecule has 0 aromatic heterocycles. The molecule has 0 spiro atoms. The maximum absolute atomic E-state index is 12.7. The summed E-state index contributed by atoms with van der Waals surface area (Å²) < 4.78 is 37.5. The largest absolute Gasteiger partial charge is 0.405 e. The summed E-state index contributed by atoms with van der Waals surface area (Å²) in [5.74, 6) is 0.542. The molecule has 4 bridgehead atoms. The van der Waals surface area contributed by atoms with Crippen LogP contribution in [0, 0.1) is 17.3 Å². The van der Waals surface area contributed by atoms with Gasteiger partial charge in [0.25, 0.3) is 0 Å². The van der Waals surface area contributed by atoms with Gasteiger partial charge in [-0.2, -0.15) is 13.2 Å². The minimum Gasteiger partial charge on any atom is -0.347 e. The van der Waals surface area contributed by atoms with Crippen molar-refractivity contribution >= 4 is 5.91 Å². The minimum atomic E-state index is -4.35. The third-order valence-electron chi connectivity index (χ3n) is 6.38. The van der Waals surface area contributed by atoms with Crippen LogP contribution < -0.4 is 5.32 Å². The number of hydrogen-bond donors (Lipinski definition) is 1. The highest BCUT2D eigenvalue weighted by atomic mass is 19.4. The zero-order valence-corrected chi connectivity index (χ0v) is 13.5. The molecule has 24 heavy (non-hydrogen) atoms. The van der Waals surface area contributed by atoms with Gasteiger partial charge < -0.3 is 5.32 Å². The van der Waals surface area contributed by atoms with E-state index in [4.69, 9.17) is 0 Å². The molecular formula is C19H22F3NO. The molecule has 1 amide bonds. The van der Waals surface area contributed by atoms with Gasteiger partial charge in [-0.1, -0.05) is 30.3 Å². The predicted molar refractivity (Wildman–Crippen MR) is 84.3 cm³/mol. The van der Waals surface area contributed by atoms with Crippen molar-refractivity contribution in [3.8, 4) is 0 Å². The van der Waals surface area contributed by atoms with E-state index in [1.165, 1.54) is 5.56 Å². The number of benzene rings is 1. The molecule has 130 valence electrons. The smallest absolute Gasteiger partial charge is 0.347 e. The SMILES string of the molecule is O=C(NCC(F)(F)F)C12CC3CC(C1)CC(c1ccccc1)(C3)C2. The molecule has 0 radical (unpaired) electrons. The number of carbonyl (C=O) groups excluding carboxylic acids is 1. The molecule has 0 saturated heterocycles. The van der Waals surface area contributed by atoms with Gasteiger partial charge in [0.15, 0.2) is 0 Å². The van der Waals surface area contributed by atoms with Gasteiger partial charge in [0, 0.05) is 0 Å². The second-order valence-corrected chi connectivity index (χ2v) is 8.19. The summed E-state index contributed by atoms with van der Waals surface area (Å²) in [5, 5.41) is 2.18. The van der Waals surface area contributed by atoms with Crippen LogP contribution in [0.3, 0.4) is 0 Å². The molecule has 0 aliphatic heterocycles. The Balaban J connectivity index is 1.62. The van der Waals surface area contributed by atoms with Gasteiger partial charge in [0.2, 0.25) is 5.91 Å². The van der Waals surface area contributed by atoms with Gasteiger partial charge in [-0.3, -0.25) is 4.79 Å². The Morgan fingerprint density at radius 3 is 2.29 bits per heavy atom. The fourth-order valence-corrected chi connectivity index (χ4v) is 6.03. The quantitative estimate of drug-likeness (QED) is 0.880. The number of rotatable bonds is 3. The Labute approximate surface area is 139 Å². The normalized spacial score (nSPS) is 37.5. The lowest BCUT2D eigenvalue weighted by Crippen LogP contribution is -2.59. The molecule has 1 N–H and O–H groups in total. The fourth-order valence-electron chi connectivity index (χ4n) is 6.03.